The fraction of sp³-hybridized carbons (Fsp3) is 0.297. The molecule has 0 heterocycles. The Labute approximate surface area is 275 Å². The monoisotopic (exact) mass is 642 g/mol. The van der Waals surface area contributed by atoms with Crippen molar-refractivity contribution in [2.45, 2.75) is 43.6 Å². The lowest BCUT2D eigenvalue weighted by molar-refractivity contribution is -0.131. The number of nitrogens with one attached hydrogen (secondary N) is 2. The van der Waals surface area contributed by atoms with Gasteiger partial charge < -0.3 is 39.8 Å². The summed E-state index contributed by atoms with van der Waals surface area (Å²) in [6.45, 7) is 3.33. The normalized spacial score (nSPS) is 12.8. The summed E-state index contributed by atoms with van der Waals surface area (Å²) < 4.78 is 21.1. The highest BCUT2D eigenvalue weighted by atomic mass is 16.5. The van der Waals surface area contributed by atoms with Crippen LogP contribution >= 0.6 is 0 Å². The molecule has 10 nitrogen and oxygen atoms in total. The lowest BCUT2D eigenvalue weighted by atomic mass is 9.80. The average molecular weight is 643 g/mol. The maximum atomic E-state index is 13.3. The zero-order chi connectivity index (χ0) is 34.2. The molecule has 4 rings (SSSR count). The number of carbonyl (C=O) groups is 2. The molecule has 0 saturated heterocycles. The van der Waals surface area contributed by atoms with Crippen molar-refractivity contribution in [1.82, 2.24) is 10.6 Å². The van der Waals surface area contributed by atoms with E-state index < -0.39 is 41.5 Å². The lowest BCUT2D eigenvalue weighted by Crippen LogP contribution is -2.52. The Kier molecular flexibility index (Phi) is 11.1. The van der Waals surface area contributed by atoms with Crippen LogP contribution in [0.25, 0.3) is 0 Å². The number of rotatable bonds is 14. The molecule has 4 aromatic rings. The number of hydrogen-bond donors (Lipinski definition) is 4. The van der Waals surface area contributed by atoms with E-state index in [-0.39, 0.29) is 0 Å². The topological polar surface area (TPSA) is 136 Å². The summed E-state index contributed by atoms with van der Waals surface area (Å²) in [4.78, 5) is 26.5. The first kappa shape index (κ1) is 34.8. The van der Waals surface area contributed by atoms with Gasteiger partial charge >= 0.3 is 0 Å². The van der Waals surface area contributed by atoms with Gasteiger partial charge in [-0.15, -0.1) is 0 Å². The van der Waals surface area contributed by atoms with Crippen LogP contribution in [-0.2, 0) is 20.8 Å². The van der Waals surface area contributed by atoms with Crippen LogP contribution in [-0.4, -0.2) is 62.6 Å². The Bertz CT molecular complexity index is 1400. The van der Waals surface area contributed by atoms with Gasteiger partial charge in [0.1, 0.15) is 40.6 Å². The van der Waals surface area contributed by atoms with Gasteiger partial charge in [0.05, 0.1) is 40.5 Å². The third kappa shape index (κ3) is 7.51. The largest absolute Gasteiger partial charge is 0.497 e. The van der Waals surface area contributed by atoms with Crippen molar-refractivity contribution in [3.8, 4) is 23.0 Å². The smallest absolute Gasteiger partial charge is 0.229 e. The minimum atomic E-state index is -1.67. The Morgan fingerprint density at radius 1 is 0.511 bits per heavy atom. The molecule has 2 unspecified atom stereocenters. The van der Waals surface area contributed by atoms with Crippen LogP contribution in [0.2, 0.25) is 0 Å². The first-order valence-electron chi connectivity index (χ1n) is 15.1. The maximum Gasteiger partial charge on any atom is 0.229 e. The van der Waals surface area contributed by atoms with E-state index in [1.807, 2.05) is 0 Å². The number of ether oxygens (including phenoxy) is 4. The van der Waals surface area contributed by atoms with Gasteiger partial charge in [-0.05, 0) is 84.6 Å². The molecule has 0 fully saturated rings. The zero-order valence-electron chi connectivity index (χ0n) is 27.4. The molecule has 0 saturated carbocycles. The van der Waals surface area contributed by atoms with E-state index in [2.05, 4.69) is 10.6 Å². The third-order valence-corrected chi connectivity index (χ3v) is 8.45. The van der Waals surface area contributed by atoms with E-state index in [1.165, 1.54) is 0 Å². The molecule has 2 atom stereocenters. The van der Waals surface area contributed by atoms with Crippen molar-refractivity contribution in [1.29, 1.82) is 0 Å². The van der Waals surface area contributed by atoms with Gasteiger partial charge in [0.15, 0.2) is 0 Å². The minimum absolute atomic E-state index is 0.512. The van der Waals surface area contributed by atoms with Gasteiger partial charge in [-0.1, -0.05) is 48.5 Å². The van der Waals surface area contributed by atoms with Crippen LogP contribution in [0.3, 0.4) is 0 Å². The van der Waals surface area contributed by atoms with Crippen molar-refractivity contribution in [3.05, 3.63) is 119 Å². The fourth-order valence-electron chi connectivity index (χ4n) is 5.65. The van der Waals surface area contributed by atoms with E-state index in [0.717, 1.165) is 0 Å². The van der Waals surface area contributed by atoms with Crippen molar-refractivity contribution in [3.63, 3.8) is 0 Å². The summed E-state index contributed by atoms with van der Waals surface area (Å²) in [5.74, 6) is 1.21. The van der Waals surface area contributed by atoms with Gasteiger partial charge in [-0.3, -0.25) is 9.59 Å². The SMILES string of the molecule is COc1ccc(C(O)(c2ccc(OC)cc2)C(C)NC(=O)CC(=O)NC(C)C(O)(c2ccc(OC)cc2)c2ccc(OC)cc2)cc1. The van der Waals surface area contributed by atoms with Crippen molar-refractivity contribution in [2.24, 2.45) is 0 Å². The first-order valence-corrected chi connectivity index (χ1v) is 15.1. The molecule has 0 aliphatic carbocycles. The summed E-state index contributed by atoms with van der Waals surface area (Å²) in [6.07, 6.45) is -0.544. The highest BCUT2D eigenvalue weighted by Gasteiger charge is 2.41. The standard InChI is InChI=1S/C37H42N2O8/c1-24(36(42,26-7-15-30(44-3)16-8-26)27-9-17-31(45-4)18-10-27)38-34(40)23-35(41)39-25(2)37(43,28-11-19-32(46-5)20-12-28)29-13-21-33(47-6)22-14-29/h7-22,24-25,42-43H,23H2,1-6H3,(H,38,40)(H,39,41). The van der Waals surface area contributed by atoms with Gasteiger partial charge in [0, 0.05) is 0 Å². The predicted octanol–water partition coefficient (Wildman–Crippen LogP) is 4.29. The van der Waals surface area contributed by atoms with E-state index in [4.69, 9.17) is 18.9 Å². The van der Waals surface area contributed by atoms with E-state index in [9.17, 15) is 19.8 Å². The van der Waals surface area contributed by atoms with Gasteiger partial charge in [-0.25, -0.2) is 0 Å². The van der Waals surface area contributed by atoms with E-state index in [1.54, 1.807) is 139 Å². The highest BCUT2D eigenvalue weighted by Crippen LogP contribution is 2.36. The summed E-state index contributed by atoms with van der Waals surface area (Å²) in [5.41, 5.74) is -1.28. The molecule has 248 valence electrons. The quantitative estimate of drug-likeness (QED) is 0.150. The molecule has 0 aliphatic rings. The molecular weight excluding hydrogens is 600 g/mol. The molecule has 0 aliphatic heterocycles. The fourth-order valence-corrected chi connectivity index (χ4v) is 5.65. The summed E-state index contributed by atoms with van der Waals surface area (Å²) in [7, 11) is 6.20. The minimum Gasteiger partial charge on any atom is -0.497 e. The Morgan fingerprint density at radius 2 is 0.723 bits per heavy atom. The molecule has 10 heteroatoms. The van der Waals surface area contributed by atoms with Gasteiger partial charge in [0.2, 0.25) is 11.8 Å². The summed E-state index contributed by atoms with van der Waals surface area (Å²) in [6, 6.07) is 25.8. The van der Waals surface area contributed by atoms with Crippen molar-refractivity contribution < 1.29 is 38.7 Å². The Morgan fingerprint density at radius 3 is 0.915 bits per heavy atom. The number of hydrogen-bond acceptors (Lipinski definition) is 8. The number of amides is 2. The molecule has 2 amide bonds. The predicted molar refractivity (Wildman–Crippen MR) is 178 cm³/mol. The molecule has 4 N–H and O–H groups in total. The zero-order valence-corrected chi connectivity index (χ0v) is 27.4. The number of aliphatic hydroxyl groups is 2. The molecule has 0 aromatic heterocycles. The number of benzene rings is 4. The van der Waals surface area contributed by atoms with E-state index in [0.29, 0.717) is 45.3 Å². The molecule has 47 heavy (non-hydrogen) atoms. The highest BCUT2D eigenvalue weighted by molar-refractivity contribution is 5.97. The van der Waals surface area contributed by atoms with Crippen molar-refractivity contribution >= 4 is 11.8 Å². The van der Waals surface area contributed by atoms with Crippen LogP contribution in [0.15, 0.2) is 97.1 Å². The van der Waals surface area contributed by atoms with E-state index >= 15 is 0 Å². The van der Waals surface area contributed by atoms with Crippen LogP contribution in [0.4, 0.5) is 0 Å². The summed E-state index contributed by atoms with van der Waals surface area (Å²) >= 11 is 0. The second-order valence-corrected chi connectivity index (χ2v) is 11.2. The van der Waals surface area contributed by atoms with Gasteiger partial charge in [0.25, 0.3) is 0 Å². The lowest BCUT2D eigenvalue weighted by Gasteiger charge is -2.36. The van der Waals surface area contributed by atoms with Crippen molar-refractivity contribution in [2.75, 3.05) is 28.4 Å². The molecule has 0 spiro atoms. The first-order chi connectivity index (χ1) is 22.5. The molecule has 0 bridgehead atoms. The van der Waals surface area contributed by atoms with Crippen LogP contribution in [0.1, 0.15) is 42.5 Å². The Hall–Kier alpha value is -5.06. The van der Waals surface area contributed by atoms with Crippen LogP contribution in [0, 0.1) is 0 Å². The average Bonchev–Trinajstić information content (AvgIpc) is 3.10. The molecular formula is C37H42N2O8. The molecule has 4 aromatic carbocycles. The maximum absolute atomic E-state index is 13.3. The Balaban J connectivity index is 1.54. The molecule has 0 radical (unpaired) electrons. The van der Waals surface area contributed by atoms with Crippen LogP contribution < -0.4 is 29.6 Å². The van der Waals surface area contributed by atoms with Crippen LogP contribution in [0.5, 0.6) is 23.0 Å². The van der Waals surface area contributed by atoms with Gasteiger partial charge in [-0.2, -0.15) is 0 Å². The number of carbonyl (C=O) groups excluding carboxylic acids is 2. The second kappa shape index (κ2) is 15.0. The summed E-state index contributed by atoms with van der Waals surface area (Å²) in [5, 5.41) is 29.9. The number of methoxy groups -OCH3 is 4. The second-order valence-electron chi connectivity index (χ2n) is 11.2. The third-order valence-electron chi connectivity index (χ3n) is 8.45.